The summed E-state index contributed by atoms with van der Waals surface area (Å²) in [4.78, 5) is 0. The molecule has 0 atom stereocenters. The summed E-state index contributed by atoms with van der Waals surface area (Å²) in [6.07, 6.45) is 0. The van der Waals surface area contributed by atoms with Crippen LogP contribution in [-0.4, -0.2) is 17.7 Å². The fourth-order valence-electron chi connectivity index (χ4n) is 0. The SMILES string of the molecule is F[C](F)F.[Li][CH3]. The van der Waals surface area contributed by atoms with Crippen LogP contribution in [0.1, 0.15) is 0 Å². The van der Waals surface area contributed by atoms with Gasteiger partial charge in [0, 0.05) is 0 Å². The van der Waals surface area contributed by atoms with E-state index in [0.717, 1.165) is 0 Å². The molecule has 0 aromatic carbocycles. The van der Waals surface area contributed by atoms with E-state index >= 15 is 0 Å². The summed E-state index contributed by atoms with van der Waals surface area (Å²) >= 11 is 2.00. The van der Waals surface area contributed by atoms with E-state index < -0.39 is 6.68 Å². The molecule has 0 aliphatic heterocycles. The quantitative estimate of drug-likeness (QED) is 0.396. The molecule has 0 rings (SSSR count). The molecule has 0 spiro atoms. The predicted octanol–water partition coefficient (Wildman–Crippen LogP) is 1.54. The van der Waals surface area contributed by atoms with Crippen molar-refractivity contribution in [3.05, 3.63) is 6.68 Å². The number of hydrogen-bond acceptors (Lipinski definition) is 0. The van der Waals surface area contributed by atoms with Crippen LogP contribution in [0.4, 0.5) is 13.2 Å². The van der Waals surface area contributed by atoms with Crippen LogP contribution in [0.25, 0.3) is 0 Å². The van der Waals surface area contributed by atoms with E-state index in [4.69, 9.17) is 0 Å². The standard InChI is InChI=1S/CF3.CH3.Li/c2-1(3)4;;/h;1H3;. The first-order valence-corrected chi connectivity index (χ1v) is 1.57. The Morgan fingerprint density at radius 1 is 1.17 bits per heavy atom. The molecule has 0 saturated heterocycles. The molecule has 0 N–H and O–H groups in total. The van der Waals surface area contributed by atoms with Crippen molar-refractivity contribution < 1.29 is 13.2 Å². The molecule has 4 heteroatoms. The second-order valence-electron chi connectivity index (χ2n) is 0.214. The molecule has 33 valence electrons. The van der Waals surface area contributed by atoms with Gasteiger partial charge in [0.25, 0.3) is 0 Å². The van der Waals surface area contributed by atoms with E-state index in [-0.39, 0.29) is 0 Å². The second-order valence-corrected chi connectivity index (χ2v) is 0.214. The Hall–Kier alpha value is 0.387. The summed E-state index contributed by atoms with van der Waals surface area (Å²) in [7, 11) is 0. The zero-order valence-electron chi connectivity index (χ0n) is 3.63. The van der Waals surface area contributed by atoms with Crippen molar-refractivity contribution >= 4 is 17.7 Å². The Bertz CT molecular complexity index is 13.5. The number of halogens is 3. The molecule has 0 fully saturated rings. The average molecular weight is 91.0 g/mol. The summed E-state index contributed by atoms with van der Waals surface area (Å²) in [5.74, 6) is 0. The van der Waals surface area contributed by atoms with Crippen LogP contribution in [0.2, 0.25) is 5.60 Å². The van der Waals surface area contributed by atoms with Crippen molar-refractivity contribution in [3.8, 4) is 0 Å². The third kappa shape index (κ3) is 335. The Labute approximate surface area is 43.9 Å². The fraction of sp³-hybridized carbons (Fsp3) is 0.500. The number of hydrogen-bond donors (Lipinski definition) is 0. The summed E-state index contributed by atoms with van der Waals surface area (Å²) in [6, 6.07) is 0. The molecule has 0 heterocycles. The Kier molecular flexibility index (Phi) is 14.5. The summed E-state index contributed by atoms with van der Waals surface area (Å²) < 4.78 is 28.8. The zero-order chi connectivity index (χ0) is 5.58. The van der Waals surface area contributed by atoms with Gasteiger partial charge in [0.05, 0.1) is 0 Å². The van der Waals surface area contributed by atoms with Gasteiger partial charge in [-0.05, 0) is 0 Å². The van der Waals surface area contributed by atoms with E-state index in [1.165, 1.54) is 0 Å². The van der Waals surface area contributed by atoms with Gasteiger partial charge in [-0.15, -0.1) is 0 Å². The molecule has 0 unspecified atom stereocenters. The van der Waals surface area contributed by atoms with Gasteiger partial charge in [-0.1, -0.05) is 0 Å². The molecule has 0 saturated carbocycles. The van der Waals surface area contributed by atoms with Crippen LogP contribution in [0.15, 0.2) is 0 Å². The Balaban J connectivity index is 0. The molecule has 0 aromatic rings. The maximum absolute atomic E-state index is 9.58. The first kappa shape index (κ1) is 9.63. The van der Waals surface area contributed by atoms with Crippen LogP contribution < -0.4 is 0 Å². The average Bonchev–Trinajstić information content (AvgIpc) is 1.41. The van der Waals surface area contributed by atoms with Crippen molar-refractivity contribution in [2.24, 2.45) is 0 Å². The van der Waals surface area contributed by atoms with Gasteiger partial charge in [-0.3, -0.25) is 0 Å². The predicted molar refractivity (Wildman–Crippen MR) is 18.2 cm³/mol. The van der Waals surface area contributed by atoms with Crippen molar-refractivity contribution in [2.45, 2.75) is 5.60 Å². The van der Waals surface area contributed by atoms with E-state index in [0.29, 0.717) is 0 Å². The molecular formula is C2H3F3Li. The van der Waals surface area contributed by atoms with Crippen LogP contribution in [0, 0.1) is 6.68 Å². The molecule has 0 amide bonds. The van der Waals surface area contributed by atoms with Crippen molar-refractivity contribution in [2.75, 3.05) is 0 Å². The van der Waals surface area contributed by atoms with Crippen molar-refractivity contribution in [1.82, 2.24) is 0 Å². The minimum absolute atomic E-state index is 2.00. The molecule has 0 nitrogen and oxygen atoms in total. The molecular weight excluding hydrogens is 88.0 g/mol. The van der Waals surface area contributed by atoms with Gasteiger partial charge in [-0.25, -0.2) is 0 Å². The molecule has 0 aliphatic carbocycles. The molecule has 0 bridgehead atoms. The monoisotopic (exact) mass is 91.0 g/mol. The summed E-state index contributed by atoms with van der Waals surface area (Å²) in [5, 5.41) is 0. The summed E-state index contributed by atoms with van der Waals surface area (Å²) in [5.41, 5.74) is 2.00. The van der Waals surface area contributed by atoms with E-state index in [9.17, 15) is 13.2 Å². The van der Waals surface area contributed by atoms with Gasteiger partial charge in [-0.2, -0.15) is 13.2 Å². The molecule has 0 aliphatic rings. The van der Waals surface area contributed by atoms with Crippen LogP contribution >= 0.6 is 0 Å². The Morgan fingerprint density at radius 2 is 1.17 bits per heavy atom. The minimum atomic E-state index is -3.08. The van der Waals surface area contributed by atoms with Gasteiger partial charge < -0.3 is 0 Å². The third-order valence-electron chi connectivity index (χ3n) is 0. The molecule has 1 radical (unpaired) electrons. The van der Waals surface area contributed by atoms with Crippen LogP contribution in [-0.2, 0) is 0 Å². The first-order valence-electron chi connectivity index (χ1n) is 1.57. The van der Waals surface area contributed by atoms with Gasteiger partial charge in [0.1, 0.15) is 0 Å². The maximum atomic E-state index is 9.58. The van der Waals surface area contributed by atoms with Crippen LogP contribution in [0.5, 0.6) is 0 Å². The molecule has 0 aromatic heterocycles. The number of rotatable bonds is 0. The van der Waals surface area contributed by atoms with Crippen LogP contribution in [0.3, 0.4) is 0 Å². The second kappa shape index (κ2) is 9.04. The third-order valence-corrected chi connectivity index (χ3v) is 0. The van der Waals surface area contributed by atoms with E-state index in [1.807, 2.05) is 23.3 Å². The van der Waals surface area contributed by atoms with Crippen molar-refractivity contribution in [1.29, 1.82) is 0 Å². The normalized spacial score (nSPS) is 7.17. The summed E-state index contributed by atoms with van der Waals surface area (Å²) in [6.45, 7) is -3.08. The first-order chi connectivity index (χ1) is 2.73. The zero-order valence-corrected chi connectivity index (χ0v) is 3.63. The van der Waals surface area contributed by atoms with Gasteiger partial charge in [0.2, 0.25) is 0 Å². The topological polar surface area (TPSA) is 0 Å². The molecule has 6 heavy (non-hydrogen) atoms. The van der Waals surface area contributed by atoms with E-state index in [2.05, 4.69) is 0 Å². The Morgan fingerprint density at radius 3 is 1.17 bits per heavy atom. The van der Waals surface area contributed by atoms with E-state index in [1.54, 1.807) is 0 Å². The van der Waals surface area contributed by atoms with Gasteiger partial charge >= 0.3 is 30.0 Å². The fourth-order valence-corrected chi connectivity index (χ4v) is 0. The van der Waals surface area contributed by atoms with Gasteiger partial charge in [0.15, 0.2) is 0 Å². The van der Waals surface area contributed by atoms with Crippen molar-refractivity contribution in [3.63, 3.8) is 0 Å².